The Balaban J connectivity index is 1.81. The van der Waals surface area contributed by atoms with Gasteiger partial charge in [-0.1, -0.05) is 50.2 Å². The summed E-state index contributed by atoms with van der Waals surface area (Å²) in [4.78, 5) is 5.78. The molecule has 0 bridgehead atoms. The molecule has 7 heteroatoms. The highest BCUT2D eigenvalue weighted by Crippen LogP contribution is 2.50. The van der Waals surface area contributed by atoms with E-state index in [9.17, 15) is 4.57 Å². The number of hydrogen-bond acceptors (Lipinski definition) is 6. The van der Waals surface area contributed by atoms with Crippen LogP contribution in [0.1, 0.15) is 23.7 Å². The molecule has 2 aromatic carbocycles. The van der Waals surface area contributed by atoms with E-state index in [0.717, 1.165) is 16.3 Å². The first-order valence-corrected chi connectivity index (χ1v) is 12.4. The maximum absolute atomic E-state index is 14.2. The van der Waals surface area contributed by atoms with Crippen molar-refractivity contribution in [2.45, 2.75) is 27.2 Å². The average Bonchev–Trinajstić information content (AvgIpc) is 3.36. The summed E-state index contributed by atoms with van der Waals surface area (Å²) in [6.45, 7) is 6.27. The van der Waals surface area contributed by atoms with Crippen LogP contribution in [0.15, 0.2) is 77.4 Å². The van der Waals surface area contributed by atoms with E-state index in [-0.39, 0.29) is 0 Å². The molecule has 5 nitrogen and oxygen atoms in total. The zero-order chi connectivity index (χ0) is 21.8. The first kappa shape index (κ1) is 21.4. The third-order valence-corrected chi connectivity index (χ3v) is 7.33. The zero-order valence-corrected chi connectivity index (χ0v) is 19.4. The second-order valence-corrected chi connectivity index (χ2v) is 10.7. The molecule has 0 aliphatic carbocycles. The Morgan fingerprint density at radius 3 is 2.10 bits per heavy atom. The van der Waals surface area contributed by atoms with Crippen LogP contribution in [0.2, 0.25) is 0 Å². The first-order chi connectivity index (χ1) is 14.9. The van der Waals surface area contributed by atoms with Gasteiger partial charge in [0.25, 0.3) is 0 Å². The molecular weight excluding hydrogens is 429 g/mol. The van der Waals surface area contributed by atoms with E-state index in [4.69, 9.17) is 13.5 Å². The molecule has 0 fully saturated rings. The molecule has 2 heterocycles. The third kappa shape index (κ3) is 4.92. The summed E-state index contributed by atoms with van der Waals surface area (Å²) in [5, 5.41) is 1.28. The molecule has 0 N–H and O–H groups in total. The van der Waals surface area contributed by atoms with Crippen molar-refractivity contribution < 1.29 is 18.0 Å². The van der Waals surface area contributed by atoms with Gasteiger partial charge in [0, 0.05) is 4.88 Å². The molecule has 0 saturated carbocycles. The number of thiazole rings is 1. The van der Waals surface area contributed by atoms with E-state index in [1.54, 1.807) is 41.7 Å². The summed E-state index contributed by atoms with van der Waals surface area (Å²) >= 11 is 1.63. The van der Waals surface area contributed by atoms with Crippen molar-refractivity contribution in [1.29, 1.82) is 0 Å². The molecule has 0 radical (unpaired) electrons. The predicted molar refractivity (Wildman–Crippen MR) is 124 cm³/mol. The van der Waals surface area contributed by atoms with E-state index in [1.165, 1.54) is 6.26 Å². The standard InChI is InChI=1S/C24H24NO4PS/c1-17(2)16-22-23(25-18(3)31-22)24-21(14-15-27-24)30(26,28-19-10-6-4-7-11-19)29-20-12-8-5-9-13-20/h4-15,17H,16H2,1-3H3. The molecule has 4 rings (SSSR count). The highest BCUT2D eigenvalue weighted by molar-refractivity contribution is 7.63. The lowest BCUT2D eigenvalue weighted by molar-refractivity contribution is 0.399. The molecular formula is C24H24NO4PS. The van der Waals surface area contributed by atoms with Crippen LogP contribution >= 0.6 is 18.9 Å². The topological polar surface area (TPSA) is 61.6 Å². The Kier molecular flexibility index (Phi) is 6.30. The van der Waals surface area contributed by atoms with Gasteiger partial charge in [0.1, 0.15) is 22.5 Å². The highest BCUT2D eigenvalue weighted by Gasteiger charge is 2.38. The molecule has 0 atom stereocenters. The Hall–Kier alpha value is -2.82. The van der Waals surface area contributed by atoms with Crippen molar-refractivity contribution >= 4 is 24.2 Å². The Morgan fingerprint density at radius 1 is 0.968 bits per heavy atom. The van der Waals surface area contributed by atoms with Crippen molar-refractivity contribution in [3.05, 3.63) is 82.9 Å². The molecule has 2 aromatic heterocycles. The van der Waals surface area contributed by atoms with Crippen molar-refractivity contribution in [3.8, 4) is 23.0 Å². The number of furan rings is 1. The smallest absolute Gasteiger partial charge is 0.462 e. The maximum atomic E-state index is 14.2. The molecule has 0 aliphatic rings. The van der Waals surface area contributed by atoms with Crippen molar-refractivity contribution in [1.82, 2.24) is 4.98 Å². The number of para-hydroxylation sites is 2. The van der Waals surface area contributed by atoms with Crippen LogP contribution in [0.3, 0.4) is 0 Å². The first-order valence-electron chi connectivity index (χ1n) is 10.1. The lowest BCUT2D eigenvalue weighted by Crippen LogP contribution is -2.15. The summed E-state index contributed by atoms with van der Waals surface area (Å²) in [5.41, 5.74) is 0.699. The molecule has 0 aliphatic heterocycles. The van der Waals surface area contributed by atoms with Crippen LogP contribution in [0.25, 0.3) is 11.5 Å². The van der Waals surface area contributed by atoms with Crippen LogP contribution < -0.4 is 14.4 Å². The minimum absolute atomic E-state index is 0.357. The number of aryl methyl sites for hydroxylation is 1. The van der Waals surface area contributed by atoms with Gasteiger partial charge in [-0.05, 0) is 49.6 Å². The maximum Gasteiger partial charge on any atom is 0.466 e. The van der Waals surface area contributed by atoms with Gasteiger partial charge in [-0.15, -0.1) is 11.3 Å². The van der Waals surface area contributed by atoms with Crippen LogP contribution in [-0.2, 0) is 11.0 Å². The lowest BCUT2D eigenvalue weighted by atomic mass is 10.1. The summed E-state index contributed by atoms with van der Waals surface area (Å²) in [7, 11) is -3.84. The fourth-order valence-electron chi connectivity index (χ4n) is 3.21. The molecule has 0 saturated heterocycles. The summed E-state index contributed by atoms with van der Waals surface area (Å²) in [6, 6.07) is 19.7. The SMILES string of the molecule is Cc1nc(-c2occc2P(=O)(Oc2ccccc2)Oc2ccccc2)c(CC(C)C)s1. The zero-order valence-electron chi connectivity index (χ0n) is 17.6. The number of nitrogens with zero attached hydrogens (tertiary/aromatic N) is 1. The molecule has 160 valence electrons. The van der Waals surface area contributed by atoms with Crippen LogP contribution in [0, 0.1) is 12.8 Å². The van der Waals surface area contributed by atoms with E-state index in [1.807, 2.05) is 43.3 Å². The van der Waals surface area contributed by atoms with Gasteiger partial charge in [-0.2, -0.15) is 0 Å². The summed E-state index contributed by atoms with van der Waals surface area (Å²) in [6.07, 6.45) is 2.36. The second kappa shape index (κ2) is 9.13. The predicted octanol–water partition coefficient (Wildman–Crippen LogP) is 6.89. The van der Waals surface area contributed by atoms with E-state index < -0.39 is 7.60 Å². The van der Waals surface area contributed by atoms with Gasteiger partial charge >= 0.3 is 7.60 Å². The van der Waals surface area contributed by atoms with Gasteiger partial charge in [0.15, 0.2) is 5.76 Å². The van der Waals surface area contributed by atoms with Crippen molar-refractivity contribution in [2.75, 3.05) is 0 Å². The number of aromatic nitrogens is 1. The van der Waals surface area contributed by atoms with Gasteiger partial charge in [-0.3, -0.25) is 0 Å². The number of benzene rings is 2. The van der Waals surface area contributed by atoms with Gasteiger partial charge < -0.3 is 13.5 Å². The van der Waals surface area contributed by atoms with Gasteiger partial charge in [0.05, 0.1) is 11.3 Å². The Labute approximate surface area is 186 Å². The fraction of sp³-hybridized carbons (Fsp3) is 0.208. The van der Waals surface area contributed by atoms with Crippen molar-refractivity contribution in [3.63, 3.8) is 0 Å². The van der Waals surface area contributed by atoms with Crippen LogP contribution in [-0.4, -0.2) is 4.98 Å². The van der Waals surface area contributed by atoms with E-state index in [2.05, 4.69) is 18.8 Å². The Morgan fingerprint density at radius 2 is 1.55 bits per heavy atom. The minimum atomic E-state index is -3.84. The van der Waals surface area contributed by atoms with Gasteiger partial charge in [-0.25, -0.2) is 9.55 Å². The minimum Gasteiger partial charge on any atom is -0.462 e. The summed E-state index contributed by atoms with van der Waals surface area (Å²) in [5.74, 6) is 1.77. The Bertz CT molecular complexity index is 1140. The van der Waals surface area contributed by atoms with Crippen molar-refractivity contribution in [2.24, 2.45) is 5.92 Å². The van der Waals surface area contributed by atoms with E-state index in [0.29, 0.717) is 34.2 Å². The fourth-order valence-corrected chi connectivity index (χ4v) is 6.04. The highest BCUT2D eigenvalue weighted by atomic mass is 32.1. The van der Waals surface area contributed by atoms with Gasteiger partial charge in [0.2, 0.25) is 0 Å². The third-order valence-electron chi connectivity index (χ3n) is 4.49. The second-order valence-electron chi connectivity index (χ2n) is 7.54. The molecule has 0 spiro atoms. The van der Waals surface area contributed by atoms with Crippen LogP contribution in [0.5, 0.6) is 11.5 Å². The van der Waals surface area contributed by atoms with Crippen LogP contribution in [0.4, 0.5) is 0 Å². The normalized spacial score (nSPS) is 11.6. The number of hydrogen-bond donors (Lipinski definition) is 0. The quantitative estimate of drug-likeness (QED) is 0.272. The monoisotopic (exact) mass is 453 g/mol. The average molecular weight is 454 g/mol. The van der Waals surface area contributed by atoms with E-state index >= 15 is 0 Å². The lowest BCUT2D eigenvalue weighted by Gasteiger charge is -2.20. The largest absolute Gasteiger partial charge is 0.466 e. The number of rotatable bonds is 8. The molecule has 31 heavy (non-hydrogen) atoms. The summed E-state index contributed by atoms with van der Waals surface area (Å²) < 4.78 is 32.0. The molecule has 0 amide bonds. The molecule has 0 unspecified atom stereocenters. The molecule has 4 aromatic rings.